The molecule has 0 radical (unpaired) electrons. The van der Waals surface area contributed by atoms with Gasteiger partial charge in [0.25, 0.3) is 22.2 Å². The lowest BCUT2D eigenvalue weighted by molar-refractivity contribution is 0.0504. The molecular formula is C109H92Br4Cl2N8O20S4. The normalized spacial score (nSPS) is 11.8. The highest BCUT2D eigenvalue weighted by atomic mass is 79.9. The molecule has 0 saturated heterocycles. The Kier molecular flexibility index (Phi) is 36.6. The first-order valence-corrected chi connectivity index (χ1v) is 53.2. The number of halogens is 6. The van der Waals surface area contributed by atoms with Gasteiger partial charge in [0, 0.05) is 52.9 Å². The van der Waals surface area contributed by atoms with E-state index in [1.807, 2.05) is 202 Å². The van der Waals surface area contributed by atoms with Crippen LogP contribution in [-0.2, 0) is 141 Å². The fourth-order valence-corrected chi connectivity index (χ4v) is 23.1. The molecule has 0 atom stereocenters. The van der Waals surface area contributed by atoms with Gasteiger partial charge in [-0.1, -0.05) is 210 Å². The highest BCUT2D eigenvalue weighted by molar-refractivity contribution is 9.11. The predicted molar refractivity (Wildman–Crippen MR) is 578 cm³/mol. The number of ether oxygens (including phenoxy) is 4. The van der Waals surface area contributed by atoms with Crippen molar-refractivity contribution in [3.05, 3.63) is 412 Å². The molecule has 147 heavy (non-hydrogen) atoms. The van der Waals surface area contributed by atoms with Crippen molar-refractivity contribution in [3.63, 3.8) is 0 Å². The van der Waals surface area contributed by atoms with E-state index in [2.05, 4.69) is 127 Å². The number of hydrogen-bond acceptors (Lipinski definition) is 20. The maximum absolute atomic E-state index is 13.3. The van der Waals surface area contributed by atoms with Crippen molar-refractivity contribution in [1.82, 2.24) is 38.2 Å². The maximum atomic E-state index is 13.3. The van der Waals surface area contributed by atoms with Crippen LogP contribution in [0.4, 0.5) is 0 Å². The molecule has 0 spiro atoms. The molecule has 38 heteroatoms. The summed E-state index contributed by atoms with van der Waals surface area (Å²) < 4.78 is 108. The molecule has 16 aromatic rings. The van der Waals surface area contributed by atoms with Crippen molar-refractivity contribution in [3.8, 4) is 78.9 Å². The van der Waals surface area contributed by atoms with Crippen LogP contribution in [0.3, 0.4) is 0 Å². The molecule has 754 valence electrons. The van der Waals surface area contributed by atoms with Gasteiger partial charge in [0.1, 0.15) is 27.7 Å². The molecule has 8 aromatic carbocycles. The number of aromatic amines is 4. The topological polar surface area (TPSA) is 393 Å². The van der Waals surface area contributed by atoms with Crippen molar-refractivity contribution < 1.29 is 71.8 Å². The van der Waals surface area contributed by atoms with Crippen LogP contribution >= 0.6 is 86.9 Å². The molecule has 0 amide bonds. The fourth-order valence-electron chi connectivity index (χ4n) is 18.5. The van der Waals surface area contributed by atoms with E-state index < -0.39 is 74.0 Å². The summed E-state index contributed by atoms with van der Waals surface area (Å²) in [7, 11) is -1.30. The first kappa shape index (κ1) is 109. The zero-order valence-electron chi connectivity index (χ0n) is 79.8. The average molecular weight is 2350 g/mol. The number of esters is 4. The van der Waals surface area contributed by atoms with Crippen molar-refractivity contribution in [1.29, 1.82) is 0 Å². The van der Waals surface area contributed by atoms with E-state index in [1.54, 1.807) is 13.8 Å². The number of nitrogens with one attached hydrogen (secondary N) is 4. The molecule has 0 bridgehead atoms. The number of H-pyrrole nitrogens is 4. The largest absolute Gasteiger partial charge is 0.464 e. The Morgan fingerprint density at radius 1 is 0.354 bits per heavy atom. The number of carbonyl (C=O) groups is 4. The van der Waals surface area contributed by atoms with Gasteiger partial charge < -0.3 is 57.2 Å². The van der Waals surface area contributed by atoms with Gasteiger partial charge in [-0.25, -0.2) is 27.6 Å². The molecule has 4 aliphatic carbocycles. The molecule has 8 heterocycles. The minimum atomic E-state index is -4.08. The standard InChI is InChI=1S/C28H24BrClN2O5S.C27H22BrClN2O3.2C27H23BrN2O3.3O2S/c1-3-37-28(34)26-23(29)21-13-8-18-14-22(38(35,36)20-11-9-19(30)10-12-20)27(33)31-24(18)25(21)32(26)15-17-6-4-16(2)5-7-17;1-2-34-27(33)25-22(28)20-13-10-18-14-21(17-6-4-3-5-7-17)26(32)30-23(18)24(20)31(25)15-16-8-11-19(29)12-9-16;1-16-8-6-7-11-19(16)15-30-24-20(22(28)25(30)27(32)33-2)13-12-18-14-21(26(31)29-23(18)24)17-9-4-3-5-10-17;1-16-8-10-17(11-9-16)15-30-24-20(22(28)25(30)27(32)33-2)13-12-19-14-21(26(31)29-23(19)24)18-6-4-3-5-7-18;3*1-3-2/h4-7,9-12,14H,3,8,13,15H2,1-2H3,(H,31,33);3-9,11-12,14H,2,10,13,15H2,1H3,(H,30,32);2*3-11,14H,12-13,15H2,1-2H3,(H,29,31);;;. The molecule has 0 saturated carbocycles. The summed E-state index contributed by atoms with van der Waals surface area (Å²) in [6.07, 6.45) is 5.58. The van der Waals surface area contributed by atoms with Gasteiger partial charge in [-0.3, -0.25) is 19.2 Å². The highest BCUT2D eigenvalue weighted by Crippen LogP contribution is 2.48. The van der Waals surface area contributed by atoms with E-state index in [4.69, 9.17) is 67.4 Å². The van der Waals surface area contributed by atoms with Crippen LogP contribution in [0, 0.1) is 20.8 Å². The van der Waals surface area contributed by atoms with E-state index in [0.29, 0.717) is 114 Å². The van der Waals surface area contributed by atoms with Crippen LogP contribution in [0.15, 0.2) is 283 Å². The highest BCUT2D eigenvalue weighted by Gasteiger charge is 2.39. The molecule has 0 fully saturated rings. The first-order valence-electron chi connectivity index (χ1n) is 45.8. The van der Waals surface area contributed by atoms with E-state index in [0.717, 1.165) is 171 Å². The summed E-state index contributed by atoms with van der Waals surface area (Å²) >= 11 is 24.4. The number of fused-ring (bicyclic) bond motifs is 12. The quantitative estimate of drug-likeness (QED) is 0.0431. The van der Waals surface area contributed by atoms with Crippen molar-refractivity contribution in [2.24, 2.45) is 0 Å². The minimum absolute atomic E-state index is 0.0149. The van der Waals surface area contributed by atoms with E-state index in [-0.39, 0.29) is 39.7 Å². The smallest absolute Gasteiger partial charge is 0.356 e. The maximum Gasteiger partial charge on any atom is 0.356 e. The molecule has 0 aliphatic heterocycles. The van der Waals surface area contributed by atoms with Crippen molar-refractivity contribution in [2.75, 3.05) is 27.4 Å². The number of rotatable bonds is 19. The number of nitrogens with zero attached hydrogens (tertiary/aromatic N) is 4. The van der Waals surface area contributed by atoms with Gasteiger partial charge in [-0.05, 0) is 299 Å². The second-order valence-corrected chi connectivity index (χ2v) is 40.5. The summed E-state index contributed by atoms with van der Waals surface area (Å²) in [4.78, 5) is 116. The van der Waals surface area contributed by atoms with Crippen LogP contribution < -0.4 is 22.2 Å². The van der Waals surface area contributed by atoms with Crippen molar-refractivity contribution in [2.45, 2.75) is 122 Å². The third-order valence-electron chi connectivity index (χ3n) is 25.3. The second-order valence-electron chi connectivity index (χ2n) is 34.1. The fraction of sp³-hybridized carbons (Fsp3) is 0.193. The summed E-state index contributed by atoms with van der Waals surface area (Å²) in [6, 6.07) is 73.9. The number of hydrogen-bond donors (Lipinski definition) is 4. The van der Waals surface area contributed by atoms with Gasteiger partial charge in [-0.15, -0.1) is 0 Å². The number of pyridine rings is 4. The van der Waals surface area contributed by atoms with Crippen LogP contribution in [-0.4, -0.2) is 123 Å². The van der Waals surface area contributed by atoms with Crippen LogP contribution in [0.1, 0.15) is 139 Å². The summed E-state index contributed by atoms with van der Waals surface area (Å²) in [5.74, 6) is -1.70. The zero-order chi connectivity index (χ0) is 105. The number of methoxy groups -OCH3 is 2. The Morgan fingerprint density at radius 2 is 0.626 bits per heavy atom. The lowest BCUT2D eigenvalue weighted by Crippen LogP contribution is -2.22. The molecule has 4 N–H and O–H groups in total. The molecule has 20 rings (SSSR count). The summed E-state index contributed by atoms with van der Waals surface area (Å²) in [6.45, 7) is 11.9. The number of aryl methyl sites for hydroxylation is 7. The lowest BCUT2D eigenvalue weighted by atomic mass is 9.92. The Balaban J connectivity index is 0.000000151. The van der Waals surface area contributed by atoms with E-state index in [9.17, 15) is 46.8 Å². The SMILES string of the molecule is CCOC(=O)c1c(Br)c2c(n1Cc1ccc(C)cc1)-c1[nH]c(=O)c(S(=O)(=O)c3ccc(Cl)cc3)cc1CC2.CCOC(=O)c1c(Br)c2c(n1Cc1ccc(Cl)cc1)-c1[nH]c(=O)c(-c3ccccc3)cc1CC2.COC(=O)c1c(Br)c2c(n1Cc1ccc(C)cc1)-c1[nH]c(=O)c(-c3ccccc3)cc1CC2.COC(=O)c1c(Br)c2c(n1Cc1ccccc1C)-c1[nH]c(=O)c(-c3ccccc3)cc1CC2.O=S=O.O=S=O.O=S=O. The van der Waals surface area contributed by atoms with Crippen LogP contribution in [0.5, 0.6) is 0 Å². The Bertz CT molecular complexity index is 8210. The second kappa shape index (κ2) is 49.3. The lowest BCUT2D eigenvalue weighted by Gasteiger charge is -2.21. The number of carbonyl (C=O) groups excluding carboxylic acids is 4. The third-order valence-corrected chi connectivity index (χ3v) is 31.0. The molecule has 4 aliphatic rings. The van der Waals surface area contributed by atoms with Crippen molar-refractivity contribution >= 4 is 155 Å². The molecule has 0 unspecified atom stereocenters. The monoisotopic (exact) mass is 2350 g/mol. The number of sulfone groups is 1. The van der Waals surface area contributed by atoms with Gasteiger partial charge >= 0.3 is 58.6 Å². The van der Waals surface area contributed by atoms with Gasteiger partial charge in [0.2, 0.25) is 9.84 Å². The Labute approximate surface area is 897 Å². The molecule has 28 nitrogen and oxygen atoms in total. The third kappa shape index (κ3) is 23.9. The number of benzene rings is 8. The van der Waals surface area contributed by atoms with Gasteiger partial charge in [0.05, 0.1) is 95.8 Å². The Morgan fingerprint density at radius 3 is 0.932 bits per heavy atom. The van der Waals surface area contributed by atoms with Gasteiger partial charge in [-0.2, -0.15) is 25.3 Å². The first-order chi connectivity index (χ1) is 70.8. The minimum Gasteiger partial charge on any atom is -0.464 e. The average Bonchev–Trinajstić information content (AvgIpc) is 1.60. The summed E-state index contributed by atoms with van der Waals surface area (Å²) in [5.41, 5.74) is 26.4. The van der Waals surface area contributed by atoms with E-state index in [1.165, 1.54) is 50.1 Å². The zero-order valence-corrected chi connectivity index (χ0v) is 90.9. The van der Waals surface area contributed by atoms with Crippen LogP contribution in [0.2, 0.25) is 10.0 Å². The van der Waals surface area contributed by atoms with E-state index >= 15 is 0 Å². The van der Waals surface area contributed by atoms with Crippen LogP contribution in [0.25, 0.3) is 78.9 Å². The Hall–Kier alpha value is -13.5. The predicted octanol–water partition coefficient (Wildman–Crippen LogP) is 21.0. The number of aromatic nitrogens is 8. The molecular weight excluding hydrogens is 2260 g/mol. The summed E-state index contributed by atoms with van der Waals surface area (Å²) in [5, 5.41) is 1.04. The molecule has 8 aromatic heterocycles. The van der Waals surface area contributed by atoms with Gasteiger partial charge in [0.15, 0.2) is 0 Å².